The Morgan fingerprint density at radius 1 is 1.33 bits per heavy atom. The summed E-state index contributed by atoms with van der Waals surface area (Å²) in [6.45, 7) is 3.57. The number of nitrogen functional groups attached to an aromatic ring is 1. The first-order valence-corrected chi connectivity index (χ1v) is 13.5. The number of nitrogens with two attached hydrogens (primary N) is 1. The Balaban J connectivity index is 1.42. The number of pyridine rings is 1. The molecule has 1 fully saturated rings. The lowest BCUT2D eigenvalue weighted by Crippen LogP contribution is -2.72. The molecule has 3 N–H and O–H groups in total. The van der Waals surface area contributed by atoms with Gasteiger partial charge < -0.3 is 20.6 Å². The Bertz CT molecular complexity index is 1500. The van der Waals surface area contributed by atoms with Crippen LogP contribution in [0.2, 0.25) is 0 Å². The maximum Gasteiger partial charge on any atom is 0.355 e. The second kappa shape index (κ2) is 11.1. The molecule has 39 heavy (non-hydrogen) atoms. The summed E-state index contributed by atoms with van der Waals surface area (Å²) in [5.74, 6) is -1.76. The van der Waals surface area contributed by atoms with Gasteiger partial charge in [-0.1, -0.05) is 17.8 Å². The molecule has 0 spiro atoms. The van der Waals surface area contributed by atoms with Crippen LogP contribution in [0.15, 0.2) is 58.8 Å². The lowest BCUT2D eigenvalue weighted by Gasteiger charge is -2.50. The molecule has 3 aromatic rings. The van der Waals surface area contributed by atoms with Gasteiger partial charge in [-0.05, 0) is 25.0 Å². The molecule has 2 aliphatic rings. The molecule has 200 valence electrons. The number of carbonyl (C=O) groups is 3. The van der Waals surface area contributed by atoms with E-state index in [-0.39, 0.29) is 28.8 Å². The fourth-order valence-corrected chi connectivity index (χ4v) is 5.81. The molecule has 2 aliphatic heterocycles. The molecule has 0 radical (unpaired) electrons. The Kier molecular flexibility index (Phi) is 7.47. The highest BCUT2D eigenvalue weighted by Crippen LogP contribution is 2.42. The third kappa shape index (κ3) is 5.03. The van der Waals surface area contributed by atoms with Gasteiger partial charge in [0.15, 0.2) is 10.8 Å². The fourth-order valence-electron chi connectivity index (χ4n) is 4.44. The van der Waals surface area contributed by atoms with Crippen LogP contribution < -0.4 is 11.1 Å². The zero-order valence-corrected chi connectivity index (χ0v) is 22.3. The molecular formula is C25H23N7O5S2. The summed E-state index contributed by atoms with van der Waals surface area (Å²) in [5.41, 5.74) is 7.95. The average molecular weight is 566 g/mol. The summed E-state index contributed by atoms with van der Waals surface area (Å²) >= 11 is 2.56. The number of hydrogen-bond donors (Lipinski definition) is 2. The van der Waals surface area contributed by atoms with E-state index >= 15 is 0 Å². The second-order valence-electron chi connectivity index (χ2n) is 8.45. The summed E-state index contributed by atoms with van der Waals surface area (Å²) in [5, 5.41) is 10.9. The van der Waals surface area contributed by atoms with E-state index in [9.17, 15) is 14.4 Å². The van der Waals surface area contributed by atoms with Gasteiger partial charge in [0.2, 0.25) is 0 Å². The van der Waals surface area contributed by atoms with Crippen molar-refractivity contribution in [1.82, 2.24) is 25.2 Å². The summed E-state index contributed by atoms with van der Waals surface area (Å²) in [6, 6.07) is 2.38. The number of amides is 2. The van der Waals surface area contributed by atoms with Crippen LogP contribution in [0.1, 0.15) is 24.2 Å². The smallest absolute Gasteiger partial charge is 0.355 e. The third-order valence-corrected chi connectivity index (χ3v) is 7.70. The zero-order valence-electron chi connectivity index (χ0n) is 20.7. The minimum atomic E-state index is -0.874. The lowest BCUT2D eigenvalue weighted by atomic mass is 9.82. The normalized spacial score (nSPS) is 18.7. The van der Waals surface area contributed by atoms with Gasteiger partial charge in [0, 0.05) is 34.3 Å². The zero-order chi connectivity index (χ0) is 27.5. The molecule has 0 aliphatic carbocycles. The average Bonchev–Trinajstić information content (AvgIpc) is 3.62. The molecule has 5 heterocycles. The molecule has 1 saturated heterocycles. The minimum absolute atomic E-state index is 0.0198. The van der Waals surface area contributed by atoms with E-state index in [0.717, 1.165) is 21.9 Å². The quantitative estimate of drug-likeness (QED) is 0.130. The first-order valence-electron chi connectivity index (χ1n) is 11.8. The number of rotatable bonds is 9. The Hall–Kier alpha value is -4.43. The number of esters is 1. The maximum absolute atomic E-state index is 13.4. The number of nitrogens with zero attached hydrogens (tertiary/aromatic N) is 5. The van der Waals surface area contributed by atoms with Crippen LogP contribution in [0, 0.1) is 0 Å². The first kappa shape index (κ1) is 26.2. The predicted molar refractivity (Wildman–Crippen MR) is 145 cm³/mol. The van der Waals surface area contributed by atoms with Crippen molar-refractivity contribution in [3.8, 4) is 10.6 Å². The van der Waals surface area contributed by atoms with Crippen molar-refractivity contribution in [1.29, 1.82) is 0 Å². The second-order valence-corrected chi connectivity index (χ2v) is 10.2. The van der Waals surface area contributed by atoms with Gasteiger partial charge >= 0.3 is 5.97 Å². The molecule has 3 aromatic heterocycles. The summed E-state index contributed by atoms with van der Waals surface area (Å²) in [4.78, 5) is 58.7. The molecule has 0 bridgehead atoms. The predicted octanol–water partition coefficient (Wildman–Crippen LogP) is 2.22. The number of allylic oxidation sites excluding steroid dienone is 1. The number of thiazole rings is 2. The SMILES string of the molecule is C=CCOC(=O)C1=C(c2csc(-c3cccnc3)n2)CC[C@@H]2[C@H](NC(=O)/C(=N\OC)c3csc(N)n3)C(=O)N12. The lowest BCUT2D eigenvalue weighted by molar-refractivity contribution is -0.156. The molecule has 5 rings (SSSR count). The number of β-lactam (4-membered cyclic amide) rings is 1. The molecule has 0 unspecified atom stereocenters. The summed E-state index contributed by atoms with van der Waals surface area (Å²) in [6.07, 6.45) is 5.77. The number of oxime groups is 1. The standard InChI is InChI=1S/C25H23N7O5S2/c1-3-9-37-24(35)20-14(15-11-38-22(28-15)13-5-4-8-27-10-13)6-7-17-19(23(34)32(17)20)30-21(33)18(31-36-2)16-12-39-25(26)29-16/h3-5,8,10-12,17,19H,1,6-7,9H2,2H3,(H2,26,29)(H,30,33)/b31-18-/t17-,19+/m1/s1. The van der Waals surface area contributed by atoms with E-state index < -0.39 is 29.9 Å². The molecule has 0 aromatic carbocycles. The number of aromatic nitrogens is 3. The molecule has 2 atom stereocenters. The van der Waals surface area contributed by atoms with Crippen LogP contribution in [0.25, 0.3) is 16.1 Å². The molecule has 14 heteroatoms. The van der Waals surface area contributed by atoms with Crippen molar-refractivity contribution in [2.24, 2.45) is 5.16 Å². The number of ether oxygens (including phenoxy) is 1. The van der Waals surface area contributed by atoms with Crippen LogP contribution in [-0.4, -0.2) is 69.1 Å². The van der Waals surface area contributed by atoms with E-state index in [4.69, 9.17) is 20.3 Å². The first-order chi connectivity index (χ1) is 18.9. The van der Waals surface area contributed by atoms with Crippen molar-refractivity contribution >= 4 is 56.9 Å². The monoisotopic (exact) mass is 565 g/mol. The Morgan fingerprint density at radius 3 is 2.87 bits per heavy atom. The van der Waals surface area contributed by atoms with Crippen LogP contribution in [0.3, 0.4) is 0 Å². The third-order valence-electron chi connectivity index (χ3n) is 6.13. The fraction of sp³-hybridized carbons (Fsp3) is 0.240. The van der Waals surface area contributed by atoms with Crippen molar-refractivity contribution in [2.45, 2.75) is 24.9 Å². The van der Waals surface area contributed by atoms with Crippen molar-refractivity contribution < 1.29 is 24.0 Å². The number of hydrogen-bond acceptors (Lipinski definition) is 12. The van der Waals surface area contributed by atoms with Gasteiger partial charge in [0.25, 0.3) is 11.8 Å². The summed E-state index contributed by atoms with van der Waals surface area (Å²) < 4.78 is 5.34. The molecule has 0 saturated carbocycles. The van der Waals surface area contributed by atoms with E-state index in [0.29, 0.717) is 24.1 Å². The highest BCUT2D eigenvalue weighted by molar-refractivity contribution is 7.13. The number of nitrogens with one attached hydrogen (secondary N) is 1. The van der Waals surface area contributed by atoms with Crippen LogP contribution in [0.4, 0.5) is 5.13 Å². The Morgan fingerprint density at radius 2 is 2.18 bits per heavy atom. The number of fused-ring (bicyclic) bond motifs is 1. The van der Waals surface area contributed by atoms with Gasteiger partial charge in [-0.15, -0.1) is 22.7 Å². The molecular weight excluding hydrogens is 542 g/mol. The van der Waals surface area contributed by atoms with Crippen molar-refractivity contribution in [3.63, 3.8) is 0 Å². The van der Waals surface area contributed by atoms with Gasteiger partial charge in [0.1, 0.15) is 36.2 Å². The topological polar surface area (TPSA) is 162 Å². The van der Waals surface area contributed by atoms with Gasteiger partial charge in [-0.2, -0.15) is 0 Å². The largest absolute Gasteiger partial charge is 0.457 e. The van der Waals surface area contributed by atoms with Gasteiger partial charge in [-0.25, -0.2) is 14.8 Å². The highest BCUT2D eigenvalue weighted by Gasteiger charge is 2.54. The number of anilines is 1. The summed E-state index contributed by atoms with van der Waals surface area (Å²) in [7, 11) is 1.30. The Labute approximate surface area is 230 Å². The van der Waals surface area contributed by atoms with E-state index in [1.807, 2.05) is 17.5 Å². The van der Waals surface area contributed by atoms with E-state index in [2.05, 4.69) is 27.0 Å². The van der Waals surface area contributed by atoms with E-state index in [1.165, 1.54) is 29.4 Å². The molecule has 2 amide bonds. The van der Waals surface area contributed by atoms with Gasteiger partial charge in [0.05, 0.1) is 11.7 Å². The van der Waals surface area contributed by atoms with Gasteiger partial charge in [-0.3, -0.25) is 19.5 Å². The van der Waals surface area contributed by atoms with Crippen molar-refractivity contribution in [3.05, 3.63) is 65.0 Å². The van der Waals surface area contributed by atoms with Crippen LogP contribution in [0.5, 0.6) is 0 Å². The van der Waals surface area contributed by atoms with Crippen LogP contribution in [-0.2, 0) is 24.0 Å². The molecule has 12 nitrogen and oxygen atoms in total. The minimum Gasteiger partial charge on any atom is -0.457 e. The maximum atomic E-state index is 13.4. The van der Waals surface area contributed by atoms with E-state index in [1.54, 1.807) is 17.8 Å². The van der Waals surface area contributed by atoms with Crippen LogP contribution >= 0.6 is 22.7 Å². The highest BCUT2D eigenvalue weighted by atomic mass is 32.1. The van der Waals surface area contributed by atoms with Crippen molar-refractivity contribution in [2.75, 3.05) is 19.5 Å². The number of carbonyl (C=O) groups excluding carboxylic acids is 3.